The number of ether oxygens (including phenoxy) is 1. The second kappa shape index (κ2) is 11.8. The predicted octanol–water partition coefficient (Wildman–Crippen LogP) is 3.85. The number of nitrogens with one attached hydrogen (secondary N) is 2. The third-order valence-corrected chi connectivity index (χ3v) is 3.54. The van der Waals surface area contributed by atoms with Crippen molar-refractivity contribution in [2.24, 2.45) is 4.99 Å². The smallest absolute Gasteiger partial charge is 0.191 e. The molecule has 0 atom stereocenters. The Kier molecular flexibility index (Phi) is 10.1. The van der Waals surface area contributed by atoms with Gasteiger partial charge in [-0.05, 0) is 35.7 Å². The molecule has 2 rings (SSSR count). The maximum absolute atomic E-state index is 12.9. The van der Waals surface area contributed by atoms with E-state index in [0.717, 1.165) is 23.6 Å². The minimum absolute atomic E-state index is 0. The van der Waals surface area contributed by atoms with Crippen LogP contribution in [0.3, 0.4) is 0 Å². The van der Waals surface area contributed by atoms with Crippen LogP contribution in [0.5, 0.6) is 0 Å². The normalized spacial score (nSPS) is 10.9. The molecule has 4 nitrogen and oxygen atoms in total. The van der Waals surface area contributed by atoms with Crippen LogP contribution in [-0.4, -0.2) is 19.6 Å². The van der Waals surface area contributed by atoms with E-state index in [2.05, 4.69) is 27.8 Å². The minimum atomic E-state index is -0.234. The molecule has 0 saturated carbocycles. The van der Waals surface area contributed by atoms with Gasteiger partial charge in [-0.25, -0.2) is 9.38 Å². The summed E-state index contributed by atoms with van der Waals surface area (Å²) in [5, 5.41) is 6.55. The van der Waals surface area contributed by atoms with E-state index in [1.165, 1.54) is 17.7 Å². The topological polar surface area (TPSA) is 45.7 Å². The number of aliphatic imine (C=N–C) groups is 1. The molecule has 0 saturated heterocycles. The lowest BCUT2D eigenvalue weighted by atomic mass is 10.1. The summed E-state index contributed by atoms with van der Waals surface area (Å²) in [7, 11) is 1.69. The van der Waals surface area contributed by atoms with Gasteiger partial charge in [0.25, 0.3) is 0 Å². The van der Waals surface area contributed by atoms with E-state index in [0.29, 0.717) is 19.7 Å². The van der Waals surface area contributed by atoms with Crippen molar-refractivity contribution in [3.05, 3.63) is 71.0 Å². The fourth-order valence-corrected chi connectivity index (χ4v) is 2.31. The fraction of sp³-hybridized carbons (Fsp3) is 0.316. The van der Waals surface area contributed by atoms with Gasteiger partial charge in [-0.3, -0.25) is 0 Å². The number of halogens is 2. The van der Waals surface area contributed by atoms with Crippen LogP contribution in [-0.2, 0) is 24.4 Å². The Morgan fingerprint density at radius 2 is 1.72 bits per heavy atom. The van der Waals surface area contributed by atoms with Crippen LogP contribution in [0.1, 0.15) is 23.6 Å². The van der Waals surface area contributed by atoms with E-state index in [4.69, 9.17) is 4.74 Å². The third kappa shape index (κ3) is 7.39. The van der Waals surface area contributed by atoms with Gasteiger partial charge >= 0.3 is 0 Å². The van der Waals surface area contributed by atoms with Gasteiger partial charge in [0.1, 0.15) is 5.82 Å². The number of hydrogen-bond donors (Lipinski definition) is 2. The maximum atomic E-state index is 12.9. The molecule has 0 bridgehead atoms. The van der Waals surface area contributed by atoms with Crippen molar-refractivity contribution in [3.8, 4) is 0 Å². The van der Waals surface area contributed by atoms with Gasteiger partial charge in [-0.1, -0.05) is 36.4 Å². The second-order valence-electron chi connectivity index (χ2n) is 5.38. The molecular formula is C19H25FIN3O. The van der Waals surface area contributed by atoms with Gasteiger partial charge in [0.15, 0.2) is 5.96 Å². The molecule has 0 unspecified atom stereocenters. The molecule has 0 aliphatic rings. The Balaban J connectivity index is 0.00000312. The van der Waals surface area contributed by atoms with Gasteiger partial charge in [0.2, 0.25) is 0 Å². The van der Waals surface area contributed by atoms with Crippen LogP contribution in [0, 0.1) is 5.82 Å². The molecule has 2 N–H and O–H groups in total. The molecule has 0 heterocycles. The molecule has 0 aliphatic carbocycles. The lowest BCUT2D eigenvalue weighted by molar-refractivity contribution is 0.184. The number of rotatable bonds is 7. The van der Waals surface area contributed by atoms with E-state index in [1.807, 2.05) is 19.1 Å². The summed E-state index contributed by atoms with van der Waals surface area (Å²) in [6.45, 7) is 4.54. The zero-order valence-corrected chi connectivity index (χ0v) is 16.9. The summed E-state index contributed by atoms with van der Waals surface area (Å²) >= 11 is 0. The van der Waals surface area contributed by atoms with Gasteiger partial charge in [-0.15, -0.1) is 24.0 Å². The van der Waals surface area contributed by atoms with Crippen molar-refractivity contribution in [1.82, 2.24) is 10.6 Å². The number of benzene rings is 2. The van der Waals surface area contributed by atoms with E-state index in [1.54, 1.807) is 19.2 Å². The molecule has 0 aliphatic heterocycles. The quantitative estimate of drug-likeness (QED) is 0.377. The third-order valence-electron chi connectivity index (χ3n) is 3.54. The minimum Gasteiger partial charge on any atom is -0.380 e. The van der Waals surface area contributed by atoms with Crippen LogP contribution < -0.4 is 10.6 Å². The van der Waals surface area contributed by atoms with E-state index in [9.17, 15) is 4.39 Å². The summed E-state index contributed by atoms with van der Waals surface area (Å²) in [6, 6.07) is 14.5. The molecule has 25 heavy (non-hydrogen) atoms. The first-order valence-corrected chi connectivity index (χ1v) is 8.05. The average Bonchev–Trinajstić information content (AvgIpc) is 2.60. The monoisotopic (exact) mass is 457 g/mol. The Morgan fingerprint density at radius 3 is 2.36 bits per heavy atom. The number of nitrogens with zero attached hydrogens (tertiary/aromatic N) is 1. The first kappa shape index (κ1) is 21.4. The van der Waals surface area contributed by atoms with Gasteiger partial charge in [-0.2, -0.15) is 0 Å². The number of hydrogen-bond acceptors (Lipinski definition) is 2. The largest absolute Gasteiger partial charge is 0.380 e. The molecule has 0 fully saturated rings. The highest BCUT2D eigenvalue weighted by atomic mass is 127. The summed E-state index contributed by atoms with van der Waals surface area (Å²) in [6.07, 6.45) is 0. The summed E-state index contributed by atoms with van der Waals surface area (Å²) in [4.78, 5) is 4.54. The summed E-state index contributed by atoms with van der Waals surface area (Å²) < 4.78 is 18.2. The predicted molar refractivity (Wildman–Crippen MR) is 111 cm³/mol. The molecule has 2 aromatic carbocycles. The van der Waals surface area contributed by atoms with Crippen molar-refractivity contribution >= 4 is 29.9 Å². The lowest BCUT2D eigenvalue weighted by Crippen LogP contribution is -2.37. The zero-order chi connectivity index (χ0) is 17.2. The second-order valence-corrected chi connectivity index (χ2v) is 5.38. The molecule has 2 aromatic rings. The zero-order valence-electron chi connectivity index (χ0n) is 14.6. The van der Waals surface area contributed by atoms with Crippen molar-refractivity contribution in [3.63, 3.8) is 0 Å². The molecule has 0 radical (unpaired) electrons. The molecule has 136 valence electrons. The Hall–Kier alpha value is -1.67. The Morgan fingerprint density at radius 1 is 1.04 bits per heavy atom. The van der Waals surface area contributed by atoms with Crippen LogP contribution in [0.15, 0.2) is 53.5 Å². The van der Waals surface area contributed by atoms with E-state index >= 15 is 0 Å². The van der Waals surface area contributed by atoms with Crippen LogP contribution in [0.4, 0.5) is 4.39 Å². The number of guanidine groups is 1. The van der Waals surface area contributed by atoms with Crippen molar-refractivity contribution < 1.29 is 9.13 Å². The molecule has 0 aromatic heterocycles. The molecule has 0 amide bonds. The first-order valence-electron chi connectivity index (χ1n) is 8.05. The Labute approximate surface area is 165 Å². The Bertz CT molecular complexity index is 662. The van der Waals surface area contributed by atoms with Gasteiger partial charge in [0.05, 0.1) is 13.2 Å². The summed E-state index contributed by atoms with van der Waals surface area (Å²) in [5.74, 6) is 0.497. The molecular weight excluding hydrogens is 432 g/mol. The van der Waals surface area contributed by atoms with Crippen LogP contribution in [0.25, 0.3) is 0 Å². The highest BCUT2D eigenvalue weighted by Crippen LogP contribution is 2.09. The van der Waals surface area contributed by atoms with E-state index in [-0.39, 0.29) is 29.8 Å². The van der Waals surface area contributed by atoms with Crippen LogP contribution in [0.2, 0.25) is 0 Å². The van der Waals surface area contributed by atoms with E-state index < -0.39 is 0 Å². The number of methoxy groups -OCH3 is 1. The van der Waals surface area contributed by atoms with Crippen molar-refractivity contribution in [2.75, 3.05) is 13.7 Å². The highest BCUT2D eigenvalue weighted by molar-refractivity contribution is 14.0. The van der Waals surface area contributed by atoms with Gasteiger partial charge in [0, 0.05) is 20.2 Å². The lowest BCUT2D eigenvalue weighted by Gasteiger charge is -2.14. The average molecular weight is 457 g/mol. The van der Waals surface area contributed by atoms with Crippen molar-refractivity contribution in [2.45, 2.75) is 26.6 Å². The van der Waals surface area contributed by atoms with Gasteiger partial charge < -0.3 is 15.4 Å². The highest BCUT2D eigenvalue weighted by Gasteiger charge is 2.03. The first-order chi connectivity index (χ1) is 11.7. The van der Waals surface area contributed by atoms with Crippen molar-refractivity contribution in [1.29, 1.82) is 0 Å². The van der Waals surface area contributed by atoms with Crippen LogP contribution >= 0.6 is 24.0 Å². The SMILES string of the molecule is CCNC(=NCc1ccc(F)cc1)NCc1ccccc1COC.I. The maximum Gasteiger partial charge on any atom is 0.191 e. The molecule has 0 spiro atoms. The summed E-state index contributed by atoms with van der Waals surface area (Å²) in [5.41, 5.74) is 3.29. The molecule has 6 heteroatoms. The fourth-order valence-electron chi connectivity index (χ4n) is 2.31. The standard InChI is InChI=1S/C19H24FN3O.HI/c1-3-21-19(22-12-15-8-10-18(20)11-9-15)23-13-16-6-4-5-7-17(16)14-24-2;/h4-11H,3,12-14H2,1-2H3,(H2,21,22,23);1H.